The number of hydrogen-bond acceptors (Lipinski definition) is 5. The summed E-state index contributed by atoms with van der Waals surface area (Å²) >= 11 is 0. The van der Waals surface area contributed by atoms with Crippen molar-refractivity contribution in [3.8, 4) is 11.1 Å². The van der Waals surface area contributed by atoms with Gasteiger partial charge in [-0.15, -0.1) is 0 Å². The molecule has 1 fully saturated rings. The molecule has 1 aliphatic heterocycles. The van der Waals surface area contributed by atoms with Gasteiger partial charge in [-0.25, -0.2) is 9.18 Å². The van der Waals surface area contributed by atoms with Crippen LogP contribution in [0.1, 0.15) is 38.0 Å². The lowest BCUT2D eigenvalue weighted by atomic mass is 9.92. The van der Waals surface area contributed by atoms with Gasteiger partial charge in [-0.1, -0.05) is 47.1 Å². The average Bonchev–Trinajstić information content (AvgIpc) is 2.78. The number of hydrogen-bond donors (Lipinski definition) is 0. The Morgan fingerprint density at radius 3 is 2.79 bits per heavy atom. The number of aryl methyl sites for hydroxylation is 1. The molecular formula is C25H31FN4O4. The molecule has 2 atom stereocenters. The van der Waals surface area contributed by atoms with Gasteiger partial charge >= 0.3 is 6.09 Å². The molecule has 0 spiro atoms. The number of ether oxygens (including phenoxy) is 3. The molecule has 0 aromatic heterocycles. The van der Waals surface area contributed by atoms with Gasteiger partial charge in [0.25, 0.3) is 0 Å². The summed E-state index contributed by atoms with van der Waals surface area (Å²) < 4.78 is 32.8. The van der Waals surface area contributed by atoms with Gasteiger partial charge in [-0.3, -0.25) is 0 Å². The first kappa shape index (κ1) is 25.5. The van der Waals surface area contributed by atoms with Crippen LogP contribution in [0.2, 0.25) is 0 Å². The second-order valence-corrected chi connectivity index (χ2v) is 9.16. The largest absolute Gasteiger partial charge is 0.444 e. The Morgan fingerprint density at radius 1 is 1.32 bits per heavy atom. The number of nitrogens with zero attached hydrogens (tertiary/aromatic N) is 4. The number of azide groups is 1. The summed E-state index contributed by atoms with van der Waals surface area (Å²) in [6.07, 6.45) is -1.71. The Bertz CT molecular complexity index is 1050. The third-order valence-corrected chi connectivity index (χ3v) is 5.29. The molecule has 3 rings (SSSR count). The van der Waals surface area contributed by atoms with Crippen LogP contribution in [0.15, 0.2) is 47.6 Å². The number of morpholine rings is 1. The molecule has 182 valence electrons. The maximum absolute atomic E-state index is 15.2. The van der Waals surface area contributed by atoms with Crippen molar-refractivity contribution in [2.24, 2.45) is 5.11 Å². The van der Waals surface area contributed by atoms with E-state index in [0.717, 1.165) is 11.1 Å². The van der Waals surface area contributed by atoms with Crippen LogP contribution in [-0.4, -0.2) is 55.5 Å². The van der Waals surface area contributed by atoms with Gasteiger partial charge in [0.05, 0.1) is 19.8 Å². The summed E-state index contributed by atoms with van der Waals surface area (Å²) in [5.41, 5.74) is 10.7. The Kier molecular flexibility index (Phi) is 8.50. The molecule has 0 N–H and O–H groups in total. The Balaban J connectivity index is 1.96. The summed E-state index contributed by atoms with van der Waals surface area (Å²) in [4.78, 5) is 17.0. The zero-order valence-corrected chi connectivity index (χ0v) is 20.0. The van der Waals surface area contributed by atoms with Crippen molar-refractivity contribution in [1.29, 1.82) is 0 Å². The molecule has 9 heteroatoms. The molecule has 1 amide bonds. The SMILES string of the molecule is Cc1cccc(-c2c(F)cccc2[C@H](OCCN=[N+]=[N-])[C@H]2CN(C(=O)OC(C)(C)C)CCO2)c1. The minimum atomic E-state index is -0.703. The molecule has 0 radical (unpaired) electrons. The molecule has 1 heterocycles. The van der Waals surface area contributed by atoms with E-state index in [-0.39, 0.29) is 32.1 Å². The van der Waals surface area contributed by atoms with Gasteiger partial charge in [0.1, 0.15) is 23.6 Å². The predicted octanol–water partition coefficient (Wildman–Crippen LogP) is 5.81. The van der Waals surface area contributed by atoms with Crippen molar-refractivity contribution >= 4 is 6.09 Å². The molecule has 0 unspecified atom stereocenters. The van der Waals surface area contributed by atoms with Crippen LogP contribution in [-0.2, 0) is 14.2 Å². The highest BCUT2D eigenvalue weighted by Gasteiger charge is 2.35. The van der Waals surface area contributed by atoms with Gasteiger partial charge in [0.15, 0.2) is 0 Å². The monoisotopic (exact) mass is 470 g/mol. The van der Waals surface area contributed by atoms with Crippen LogP contribution in [0.4, 0.5) is 9.18 Å². The number of amides is 1. The van der Waals surface area contributed by atoms with Crippen molar-refractivity contribution in [2.45, 2.75) is 45.5 Å². The molecule has 34 heavy (non-hydrogen) atoms. The van der Waals surface area contributed by atoms with E-state index < -0.39 is 23.9 Å². The molecule has 2 aromatic rings. The summed E-state index contributed by atoms with van der Waals surface area (Å²) in [5, 5.41) is 3.53. The number of rotatable bonds is 7. The highest BCUT2D eigenvalue weighted by Crippen LogP contribution is 2.36. The maximum Gasteiger partial charge on any atom is 0.410 e. The minimum absolute atomic E-state index is 0.116. The van der Waals surface area contributed by atoms with Crippen LogP contribution < -0.4 is 0 Å². The highest BCUT2D eigenvalue weighted by atomic mass is 19.1. The number of carbonyl (C=O) groups is 1. The first-order valence-corrected chi connectivity index (χ1v) is 11.3. The van der Waals surface area contributed by atoms with E-state index in [0.29, 0.717) is 17.7 Å². The second kappa shape index (κ2) is 11.3. The van der Waals surface area contributed by atoms with Gasteiger partial charge in [-0.2, -0.15) is 0 Å². The fourth-order valence-corrected chi connectivity index (χ4v) is 3.90. The summed E-state index contributed by atoms with van der Waals surface area (Å²) in [5.74, 6) is -0.383. The topological polar surface area (TPSA) is 96.8 Å². The summed E-state index contributed by atoms with van der Waals surface area (Å²) in [6.45, 7) is 8.49. The van der Waals surface area contributed by atoms with Crippen LogP contribution >= 0.6 is 0 Å². The molecule has 0 bridgehead atoms. The van der Waals surface area contributed by atoms with Crippen LogP contribution in [0.5, 0.6) is 0 Å². The second-order valence-electron chi connectivity index (χ2n) is 9.16. The first-order valence-electron chi connectivity index (χ1n) is 11.3. The third kappa shape index (κ3) is 6.70. The van der Waals surface area contributed by atoms with Gasteiger partial charge < -0.3 is 19.1 Å². The van der Waals surface area contributed by atoms with Crippen molar-refractivity contribution in [3.05, 3.63) is 69.9 Å². The number of halogens is 1. The molecule has 1 aliphatic rings. The molecule has 2 aromatic carbocycles. The predicted molar refractivity (Wildman–Crippen MR) is 127 cm³/mol. The molecule has 0 saturated carbocycles. The zero-order chi connectivity index (χ0) is 24.7. The van der Waals surface area contributed by atoms with Gasteiger partial charge in [0, 0.05) is 23.6 Å². The first-order chi connectivity index (χ1) is 16.2. The van der Waals surface area contributed by atoms with E-state index >= 15 is 4.39 Å². The highest BCUT2D eigenvalue weighted by molar-refractivity contribution is 5.70. The van der Waals surface area contributed by atoms with E-state index in [2.05, 4.69) is 10.0 Å². The maximum atomic E-state index is 15.2. The average molecular weight is 471 g/mol. The van der Waals surface area contributed by atoms with Gasteiger partial charge in [0.2, 0.25) is 0 Å². The summed E-state index contributed by atoms with van der Waals surface area (Å²) in [7, 11) is 0. The van der Waals surface area contributed by atoms with Crippen molar-refractivity contribution < 1.29 is 23.4 Å². The van der Waals surface area contributed by atoms with E-state index in [1.54, 1.807) is 17.0 Å². The Morgan fingerprint density at radius 2 is 2.09 bits per heavy atom. The van der Waals surface area contributed by atoms with Crippen LogP contribution in [0.25, 0.3) is 21.6 Å². The van der Waals surface area contributed by atoms with Crippen LogP contribution in [0.3, 0.4) is 0 Å². The lowest BCUT2D eigenvalue weighted by Crippen LogP contribution is -2.49. The van der Waals surface area contributed by atoms with E-state index in [9.17, 15) is 4.79 Å². The van der Waals surface area contributed by atoms with E-state index in [1.807, 2.05) is 52.0 Å². The smallest absolute Gasteiger partial charge is 0.410 e. The number of carbonyl (C=O) groups excluding carboxylic acids is 1. The molecule has 0 aliphatic carbocycles. The molecular weight excluding hydrogens is 439 g/mol. The summed E-state index contributed by atoms with van der Waals surface area (Å²) in [6, 6.07) is 12.4. The Hall–Kier alpha value is -3.13. The standard InChI is InChI=1S/C25H31FN4O4/c1-17-7-5-8-18(15-17)22-19(9-6-10-20(22)26)23(33-13-11-28-29-27)21-16-30(12-14-32-21)24(31)34-25(2,3)4/h5-10,15,21,23H,11-14,16H2,1-4H3/t21-,23+/m1/s1. The molecule has 8 nitrogen and oxygen atoms in total. The fraction of sp³-hybridized carbons (Fsp3) is 0.480. The van der Waals surface area contributed by atoms with Crippen molar-refractivity contribution in [3.63, 3.8) is 0 Å². The van der Waals surface area contributed by atoms with Gasteiger partial charge in [-0.05, 0) is 50.4 Å². The van der Waals surface area contributed by atoms with Crippen molar-refractivity contribution in [1.82, 2.24) is 4.90 Å². The zero-order valence-electron chi connectivity index (χ0n) is 20.0. The third-order valence-electron chi connectivity index (χ3n) is 5.29. The number of benzene rings is 2. The van der Waals surface area contributed by atoms with Crippen LogP contribution in [0, 0.1) is 12.7 Å². The quantitative estimate of drug-likeness (QED) is 0.221. The lowest BCUT2D eigenvalue weighted by Gasteiger charge is -2.38. The fourth-order valence-electron chi connectivity index (χ4n) is 3.90. The lowest BCUT2D eigenvalue weighted by molar-refractivity contribution is -0.111. The van der Waals surface area contributed by atoms with E-state index in [4.69, 9.17) is 19.7 Å². The van der Waals surface area contributed by atoms with E-state index in [1.165, 1.54) is 6.07 Å². The van der Waals surface area contributed by atoms with Crippen molar-refractivity contribution in [2.75, 3.05) is 32.8 Å². The molecule has 1 saturated heterocycles. The normalized spacial score (nSPS) is 17.1. The minimum Gasteiger partial charge on any atom is -0.444 e. The Labute approximate surface area is 199 Å².